The molecule has 0 radical (unpaired) electrons. The standard InChI is InChI=1S/C15H9F3N2O.C3H8N2.C2H6/c16-12-3-1-9(7-19)5-11(12)15(21)20-8-10-2-4-13(17)14(18)6-10;1-3(4)5-2;1-2/h1-6H,8H2,(H,20,21);1-2H3,(H2,4,5);1-2H3. The molecule has 0 aliphatic carbocycles. The lowest BCUT2D eigenvalue weighted by atomic mass is 10.1. The van der Waals surface area contributed by atoms with E-state index in [1.807, 2.05) is 13.8 Å². The van der Waals surface area contributed by atoms with E-state index < -0.39 is 23.4 Å². The predicted octanol–water partition coefficient (Wildman–Crippen LogP) is 3.93. The van der Waals surface area contributed by atoms with Gasteiger partial charge in [0, 0.05) is 13.6 Å². The molecule has 1 amide bonds. The monoisotopic (exact) mass is 392 g/mol. The minimum absolute atomic E-state index is 0.0910. The molecule has 0 unspecified atom stereocenters. The number of aliphatic imine (C=N–C) groups is 1. The number of halogens is 3. The van der Waals surface area contributed by atoms with Crippen molar-refractivity contribution in [1.82, 2.24) is 5.32 Å². The second kappa shape index (κ2) is 12.9. The van der Waals surface area contributed by atoms with Crippen molar-refractivity contribution in [3.8, 4) is 6.07 Å². The first-order valence-corrected chi connectivity index (χ1v) is 8.39. The number of amides is 1. The number of carbonyl (C=O) groups is 1. The summed E-state index contributed by atoms with van der Waals surface area (Å²) in [4.78, 5) is 15.4. The van der Waals surface area contributed by atoms with E-state index in [0.29, 0.717) is 11.4 Å². The van der Waals surface area contributed by atoms with Crippen molar-refractivity contribution >= 4 is 11.7 Å². The molecule has 0 saturated heterocycles. The Kier molecular flexibility index (Phi) is 11.4. The van der Waals surface area contributed by atoms with Crippen LogP contribution in [0, 0.1) is 28.8 Å². The molecule has 28 heavy (non-hydrogen) atoms. The Bertz CT molecular complexity index is 857. The van der Waals surface area contributed by atoms with E-state index in [4.69, 9.17) is 11.0 Å². The number of nitrogens with two attached hydrogens (primary N) is 1. The Morgan fingerprint density at radius 2 is 1.68 bits per heavy atom. The van der Waals surface area contributed by atoms with Crippen LogP contribution >= 0.6 is 0 Å². The molecular formula is C20H23F3N4O. The number of rotatable bonds is 3. The molecule has 0 aromatic heterocycles. The third-order valence-corrected chi connectivity index (χ3v) is 3.13. The minimum atomic E-state index is -1.03. The van der Waals surface area contributed by atoms with Gasteiger partial charge in [0.1, 0.15) is 5.82 Å². The molecule has 0 bridgehead atoms. The summed E-state index contributed by atoms with van der Waals surface area (Å²) in [5, 5.41) is 11.1. The van der Waals surface area contributed by atoms with Gasteiger partial charge in [-0.05, 0) is 42.8 Å². The van der Waals surface area contributed by atoms with E-state index in [2.05, 4.69) is 10.3 Å². The predicted molar refractivity (Wildman–Crippen MR) is 103 cm³/mol. The normalized spacial score (nSPS) is 9.86. The van der Waals surface area contributed by atoms with Gasteiger partial charge < -0.3 is 11.1 Å². The highest BCUT2D eigenvalue weighted by Crippen LogP contribution is 2.11. The lowest BCUT2D eigenvalue weighted by molar-refractivity contribution is 0.0946. The number of amidine groups is 1. The van der Waals surface area contributed by atoms with Crippen molar-refractivity contribution in [2.45, 2.75) is 27.3 Å². The van der Waals surface area contributed by atoms with Gasteiger partial charge in [-0.1, -0.05) is 19.9 Å². The van der Waals surface area contributed by atoms with Crippen LogP contribution in [0.1, 0.15) is 42.3 Å². The molecule has 0 saturated carbocycles. The fourth-order valence-corrected chi connectivity index (χ4v) is 1.70. The van der Waals surface area contributed by atoms with Crippen molar-refractivity contribution < 1.29 is 18.0 Å². The van der Waals surface area contributed by atoms with Crippen LogP contribution in [0.3, 0.4) is 0 Å². The van der Waals surface area contributed by atoms with Crippen LogP contribution in [-0.2, 0) is 6.54 Å². The summed E-state index contributed by atoms with van der Waals surface area (Å²) in [6.45, 7) is 5.66. The molecule has 0 atom stereocenters. The first kappa shape index (κ1) is 24.7. The second-order valence-electron chi connectivity index (χ2n) is 5.10. The lowest BCUT2D eigenvalue weighted by Gasteiger charge is -2.07. The highest BCUT2D eigenvalue weighted by molar-refractivity contribution is 5.94. The van der Waals surface area contributed by atoms with Crippen LogP contribution in [0.2, 0.25) is 0 Å². The molecule has 150 valence electrons. The summed E-state index contributed by atoms with van der Waals surface area (Å²) in [7, 11) is 1.66. The number of carbonyl (C=O) groups excluding carboxylic acids is 1. The van der Waals surface area contributed by atoms with Crippen molar-refractivity contribution in [3.05, 3.63) is 70.5 Å². The molecule has 3 N–H and O–H groups in total. The Balaban J connectivity index is 0.000000906. The molecule has 8 heteroatoms. The zero-order chi connectivity index (χ0) is 21.7. The van der Waals surface area contributed by atoms with Gasteiger partial charge in [0.2, 0.25) is 0 Å². The zero-order valence-corrected chi connectivity index (χ0v) is 16.2. The Morgan fingerprint density at radius 3 is 2.18 bits per heavy atom. The maximum absolute atomic E-state index is 13.5. The van der Waals surface area contributed by atoms with Gasteiger partial charge in [-0.25, -0.2) is 13.2 Å². The summed E-state index contributed by atoms with van der Waals surface area (Å²) in [6.07, 6.45) is 0. The number of hydrogen-bond acceptors (Lipinski definition) is 3. The molecule has 2 aromatic carbocycles. The first-order chi connectivity index (χ1) is 13.3. The van der Waals surface area contributed by atoms with Crippen LogP contribution in [-0.4, -0.2) is 18.8 Å². The summed E-state index contributed by atoms with van der Waals surface area (Å²) in [5.74, 6) is -2.90. The van der Waals surface area contributed by atoms with Gasteiger partial charge in [-0.2, -0.15) is 5.26 Å². The first-order valence-electron chi connectivity index (χ1n) is 8.39. The van der Waals surface area contributed by atoms with Crippen LogP contribution < -0.4 is 11.1 Å². The Morgan fingerprint density at radius 1 is 1.11 bits per heavy atom. The van der Waals surface area contributed by atoms with Crippen molar-refractivity contribution in [3.63, 3.8) is 0 Å². The minimum Gasteiger partial charge on any atom is -0.388 e. The van der Waals surface area contributed by atoms with E-state index in [1.54, 1.807) is 20.0 Å². The molecular weight excluding hydrogens is 369 g/mol. The molecule has 0 spiro atoms. The fraction of sp³-hybridized carbons (Fsp3) is 0.250. The highest BCUT2D eigenvalue weighted by Gasteiger charge is 2.12. The quantitative estimate of drug-likeness (QED) is 0.613. The molecule has 2 rings (SSSR count). The largest absolute Gasteiger partial charge is 0.388 e. The molecule has 0 fully saturated rings. The molecule has 0 aliphatic rings. The average molecular weight is 392 g/mol. The number of hydrogen-bond donors (Lipinski definition) is 2. The Labute approximate surface area is 162 Å². The van der Waals surface area contributed by atoms with Crippen LogP contribution in [0.25, 0.3) is 0 Å². The topological polar surface area (TPSA) is 91.3 Å². The van der Waals surface area contributed by atoms with E-state index in [9.17, 15) is 18.0 Å². The van der Waals surface area contributed by atoms with E-state index in [0.717, 1.165) is 24.3 Å². The third kappa shape index (κ3) is 8.36. The van der Waals surface area contributed by atoms with E-state index in [-0.39, 0.29) is 17.7 Å². The van der Waals surface area contributed by atoms with Gasteiger partial charge in [0.15, 0.2) is 11.6 Å². The number of nitrogens with one attached hydrogen (secondary N) is 1. The molecule has 2 aromatic rings. The van der Waals surface area contributed by atoms with Crippen molar-refractivity contribution in [2.24, 2.45) is 10.7 Å². The zero-order valence-electron chi connectivity index (χ0n) is 16.2. The fourth-order valence-electron chi connectivity index (χ4n) is 1.70. The summed E-state index contributed by atoms with van der Waals surface area (Å²) >= 11 is 0. The number of nitriles is 1. The highest BCUT2D eigenvalue weighted by atomic mass is 19.2. The van der Waals surface area contributed by atoms with Crippen LogP contribution in [0.5, 0.6) is 0 Å². The summed E-state index contributed by atoms with van der Waals surface area (Å²) in [5.41, 5.74) is 5.24. The van der Waals surface area contributed by atoms with E-state index in [1.165, 1.54) is 12.1 Å². The SMILES string of the molecule is CC.CN=C(C)N.N#Cc1ccc(F)c(C(=O)NCc2ccc(F)c(F)c2)c1. The molecule has 0 aliphatic heterocycles. The average Bonchev–Trinajstić information content (AvgIpc) is 2.71. The van der Waals surface area contributed by atoms with Gasteiger partial charge in [0.25, 0.3) is 5.91 Å². The number of benzene rings is 2. The second-order valence-corrected chi connectivity index (χ2v) is 5.10. The van der Waals surface area contributed by atoms with E-state index >= 15 is 0 Å². The van der Waals surface area contributed by atoms with Crippen molar-refractivity contribution in [2.75, 3.05) is 7.05 Å². The van der Waals surface area contributed by atoms with Gasteiger partial charge in [-0.3, -0.25) is 9.79 Å². The van der Waals surface area contributed by atoms with Gasteiger partial charge in [0.05, 0.1) is 23.0 Å². The van der Waals surface area contributed by atoms with Crippen LogP contribution in [0.15, 0.2) is 41.4 Å². The maximum atomic E-state index is 13.5. The smallest absolute Gasteiger partial charge is 0.254 e. The summed E-state index contributed by atoms with van der Waals surface area (Å²) < 4.78 is 39.3. The third-order valence-electron chi connectivity index (χ3n) is 3.13. The Hall–Kier alpha value is -3.34. The maximum Gasteiger partial charge on any atom is 0.254 e. The summed E-state index contributed by atoms with van der Waals surface area (Å²) in [6, 6.07) is 8.38. The van der Waals surface area contributed by atoms with Gasteiger partial charge in [-0.15, -0.1) is 0 Å². The molecule has 0 heterocycles. The van der Waals surface area contributed by atoms with Gasteiger partial charge >= 0.3 is 0 Å². The number of nitrogens with zero attached hydrogens (tertiary/aromatic N) is 2. The molecule has 5 nitrogen and oxygen atoms in total. The van der Waals surface area contributed by atoms with Crippen LogP contribution in [0.4, 0.5) is 13.2 Å². The van der Waals surface area contributed by atoms with Crippen molar-refractivity contribution in [1.29, 1.82) is 5.26 Å². The lowest BCUT2D eigenvalue weighted by Crippen LogP contribution is -2.24.